The summed E-state index contributed by atoms with van der Waals surface area (Å²) in [6.45, 7) is 0.386. The molecule has 1 atom stereocenters. The van der Waals surface area contributed by atoms with Gasteiger partial charge in [-0.25, -0.2) is 8.42 Å². The number of hydrogen-bond donors (Lipinski definition) is 1. The molecule has 1 aliphatic rings. The van der Waals surface area contributed by atoms with Crippen LogP contribution < -0.4 is 5.32 Å². The Morgan fingerprint density at radius 3 is 2.38 bits per heavy atom. The Kier molecular flexibility index (Phi) is 4.22. The van der Waals surface area contributed by atoms with Crippen molar-refractivity contribution in [2.45, 2.75) is 23.2 Å². The largest absolute Gasteiger partial charge is 0.468 e. The quantitative estimate of drug-likeness (QED) is 0.718. The van der Waals surface area contributed by atoms with Crippen molar-refractivity contribution in [2.75, 3.05) is 0 Å². The van der Waals surface area contributed by atoms with Crippen LogP contribution in [0.2, 0.25) is 0 Å². The lowest BCUT2D eigenvalue weighted by Gasteiger charge is -2.23. The lowest BCUT2D eigenvalue weighted by atomic mass is 10.0. The lowest BCUT2D eigenvalue weighted by Crippen LogP contribution is -2.41. The maximum absolute atomic E-state index is 12.9. The molecule has 1 N–H and O–H groups in total. The van der Waals surface area contributed by atoms with Crippen LogP contribution >= 0.6 is 0 Å². The second kappa shape index (κ2) is 6.55. The Balaban J connectivity index is 1.57. The minimum absolute atomic E-state index is 0.131. The van der Waals surface area contributed by atoms with Gasteiger partial charge < -0.3 is 4.42 Å². The Morgan fingerprint density at radius 1 is 0.962 bits per heavy atom. The summed E-state index contributed by atoms with van der Waals surface area (Å²) in [6.07, 6.45) is 1.93. The van der Waals surface area contributed by atoms with E-state index in [4.69, 9.17) is 4.42 Å². The molecule has 5 nitrogen and oxygen atoms in total. The van der Waals surface area contributed by atoms with Gasteiger partial charge in [0.2, 0.25) is 0 Å². The van der Waals surface area contributed by atoms with Crippen molar-refractivity contribution < 1.29 is 17.6 Å². The first-order chi connectivity index (χ1) is 12.6. The molecule has 132 valence electrons. The van der Waals surface area contributed by atoms with Gasteiger partial charge in [-0.3, -0.25) is 10.1 Å². The molecule has 1 unspecified atom stereocenters. The van der Waals surface area contributed by atoms with Crippen LogP contribution in [0.3, 0.4) is 0 Å². The van der Waals surface area contributed by atoms with E-state index in [1.54, 1.807) is 48.7 Å². The molecule has 1 aromatic heterocycles. The summed E-state index contributed by atoms with van der Waals surface area (Å²) in [5.74, 6) is 0.647. The molecule has 2 heterocycles. The zero-order valence-corrected chi connectivity index (χ0v) is 14.7. The highest BCUT2D eigenvalue weighted by Crippen LogP contribution is 2.25. The van der Waals surface area contributed by atoms with E-state index in [0.29, 0.717) is 24.1 Å². The number of hydrogen-bond acceptors (Lipinski definition) is 5. The zero-order valence-electron chi connectivity index (χ0n) is 13.9. The van der Waals surface area contributed by atoms with Gasteiger partial charge in [0.25, 0.3) is 0 Å². The molecule has 0 aliphatic carbocycles. The number of sulfone groups is 1. The van der Waals surface area contributed by atoms with Gasteiger partial charge in [-0.2, -0.15) is 0 Å². The van der Waals surface area contributed by atoms with Crippen LogP contribution in [0.15, 0.2) is 76.2 Å². The fourth-order valence-electron chi connectivity index (χ4n) is 3.12. The number of carbonyl (C=O) groups excluding carboxylic acids is 1. The zero-order chi connectivity index (χ0) is 18.1. The predicted molar refractivity (Wildman–Crippen MR) is 96.5 cm³/mol. The van der Waals surface area contributed by atoms with Gasteiger partial charge in [-0.1, -0.05) is 30.3 Å². The molecule has 3 aromatic rings. The molecule has 0 bridgehead atoms. The van der Waals surface area contributed by atoms with Crippen molar-refractivity contribution in [2.24, 2.45) is 0 Å². The average Bonchev–Trinajstić information content (AvgIpc) is 3.16. The van der Waals surface area contributed by atoms with E-state index in [2.05, 4.69) is 5.32 Å². The highest BCUT2D eigenvalue weighted by atomic mass is 32.2. The molecule has 6 heteroatoms. The minimum Gasteiger partial charge on any atom is -0.468 e. The van der Waals surface area contributed by atoms with E-state index in [0.717, 1.165) is 11.3 Å². The monoisotopic (exact) mass is 367 g/mol. The molecular formula is C20H17NO4S. The van der Waals surface area contributed by atoms with E-state index in [9.17, 15) is 13.2 Å². The number of carbonyl (C=O) groups is 1. The molecule has 0 fully saturated rings. The van der Waals surface area contributed by atoms with E-state index in [-0.39, 0.29) is 10.7 Å². The number of rotatable bonds is 4. The summed E-state index contributed by atoms with van der Waals surface area (Å²) in [7, 11) is -3.55. The van der Waals surface area contributed by atoms with Crippen LogP contribution in [0.4, 0.5) is 0 Å². The Labute approximate surface area is 151 Å². The minimum atomic E-state index is -3.55. The molecule has 26 heavy (non-hydrogen) atoms. The molecule has 4 rings (SSSR count). The molecule has 1 aliphatic heterocycles. The van der Waals surface area contributed by atoms with Crippen LogP contribution in [0, 0.1) is 0 Å². The van der Waals surface area contributed by atoms with Gasteiger partial charge >= 0.3 is 0 Å². The van der Waals surface area contributed by atoms with Crippen molar-refractivity contribution >= 4 is 15.6 Å². The van der Waals surface area contributed by atoms with Crippen molar-refractivity contribution in [3.63, 3.8) is 0 Å². The highest BCUT2D eigenvalue weighted by molar-refractivity contribution is 7.92. The second-order valence-corrected chi connectivity index (χ2v) is 8.34. The second-order valence-electron chi connectivity index (χ2n) is 6.21. The molecule has 0 spiro atoms. The standard InChI is InChI=1S/C20H17NO4S/c22-20(14-4-2-1-3-5-14)15-6-8-17(9-7-15)26(23,24)19-12-16-10-11-25-18(16)13-21-19/h1-11,19,21H,12-13H2. The van der Waals surface area contributed by atoms with Gasteiger partial charge in [-0.05, 0) is 35.9 Å². The normalized spacial score (nSPS) is 16.8. The van der Waals surface area contributed by atoms with Crippen molar-refractivity contribution in [1.82, 2.24) is 5.32 Å². The average molecular weight is 367 g/mol. The smallest absolute Gasteiger partial charge is 0.194 e. The SMILES string of the molecule is O=C(c1ccccc1)c1ccc(S(=O)(=O)C2Cc3ccoc3CN2)cc1. The van der Waals surface area contributed by atoms with Crippen LogP contribution in [0.1, 0.15) is 27.2 Å². The molecule has 0 amide bonds. The third-order valence-electron chi connectivity index (χ3n) is 4.59. The highest BCUT2D eigenvalue weighted by Gasteiger charge is 2.32. The van der Waals surface area contributed by atoms with Gasteiger partial charge in [0, 0.05) is 17.5 Å². The van der Waals surface area contributed by atoms with E-state index >= 15 is 0 Å². The van der Waals surface area contributed by atoms with Gasteiger partial charge in [0.05, 0.1) is 17.7 Å². The summed E-state index contributed by atoms with van der Waals surface area (Å²) < 4.78 is 31.1. The predicted octanol–water partition coefficient (Wildman–Crippen LogP) is 2.96. The summed E-state index contributed by atoms with van der Waals surface area (Å²) in [4.78, 5) is 12.6. The van der Waals surface area contributed by atoms with E-state index in [1.165, 1.54) is 12.1 Å². The third kappa shape index (κ3) is 2.98. The number of ketones is 1. The molecule has 0 saturated carbocycles. The third-order valence-corrected chi connectivity index (χ3v) is 6.60. The van der Waals surface area contributed by atoms with Crippen molar-refractivity contribution in [1.29, 1.82) is 0 Å². The number of furan rings is 1. The number of benzene rings is 2. The van der Waals surface area contributed by atoms with Gasteiger partial charge in [0.15, 0.2) is 15.6 Å². The van der Waals surface area contributed by atoms with Crippen LogP contribution in [-0.2, 0) is 22.8 Å². The molecular weight excluding hydrogens is 350 g/mol. The van der Waals surface area contributed by atoms with E-state index < -0.39 is 15.2 Å². The number of nitrogens with one attached hydrogen (secondary N) is 1. The van der Waals surface area contributed by atoms with Gasteiger partial charge in [0.1, 0.15) is 11.1 Å². The molecule has 2 aromatic carbocycles. The van der Waals surface area contributed by atoms with Crippen LogP contribution in [-0.4, -0.2) is 19.6 Å². The van der Waals surface area contributed by atoms with Crippen LogP contribution in [0.25, 0.3) is 0 Å². The summed E-state index contributed by atoms with van der Waals surface area (Å²) in [5.41, 5.74) is 1.95. The summed E-state index contributed by atoms with van der Waals surface area (Å²) in [6, 6.07) is 16.8. The molecule has 0 saturated heterocycles. The fraction of sp³-hybridized carbons (Fsp3) is 0.150. The van der Waals surface area contributed by atoms with E-state index in [1.807, 2.05) is 6.07 Å². The lowest BCUT2D eigenvalue weighted by molar-refractivity contribution is 0.103. The van der Waals surface area contributed by atoms with Crippen molar-refractivity contribution in [3.05, 3.63) is 89.4 Å². The van der Waals surface area contributed by atoms with Crippen LogP contribution in [0.5, 0.6) is 0 Å². The van der Waals surface area contributed by atoms with Gasteiger partial charge in [-0.15, -0.1) is 0 Å². The Bertz CT molecular complexity index is 1040. The maximum atomic E-state index is 12.9. The number of fused-ring (bicyclic) bond motifs is 1. The fourth-order valence-corrected chi connectivity index (χ4v) is 4.66. The molecule has 0 radical (unpaired) electrons. The topological polar surface area (TPSA) is 76.4 Å². The Hall–Kier alpha value is -2.70. The summed E-state index contributed by atoms with van der Waals surface area (Å²) >= 11 is 0. The maximum Gasteiger partial charge on any atom is 0.194 e. The Morgan fingerprint density at radius 2 is 1.65 bits per heavy atom. The first-order valence-corrected chi connectivity index (χ1v) is 9.83. The van der Waals surface area contributed by atoms with Crippen molar-refractivity contribution in [3.8, 4) is 0 Å². The first-order valence-electron chi connectivity index (χ1n) is 8.28. The summed E-state index contributed by atoms with van der Waals surface area (Å²) in [5, 5.41) is 2.31. The first kappa shape index (κ1) is 16.8.